The van der Waals surface area contributed by atoms with Crippen LogP contribution in [0.3, 0.4) is 0 Å². The second-order valence-corrected chi connectivity index (χ2v) is 5.31. The SMILES string of the molecule is CCOC(=O)/C(C#N)=C\c1ccc(OCCOc2ccccc2)c(OC)c1. The molecule has 2 aromatic carbocycles. The van der Waals surface area contributed by atoms with Crippen LogP contribution in [0.25, 0.3) is 6.08 Å². The molecule has 0 aromatic heterocycles. The molecule has 6 heteroatoms. The van der Waals surface area contributed by atoms with Gasteiger partial charge in [-0.3, -0.25) is 0 Å². The van der Waals surface area contributed by atoms with Gasteiger partial charge >= 0.3 is 5.97 Å². The Kier molecular flexibility index (Phi) is 7.73. The van der Waals surface area contributed by atoms with E-state index < -0.39 is 5.97 Å². The summed E-state index contributed by atoms with van der Waals surface area (Å²) in [4.78, 5) is 11.7. The molecule has 0 saturated carbocycles. The van der Waals surface area contributed by atoms with Crippen molar-refractivity contribution in [3.8, 4) is 23.3 Å². The lowest BCUT2D eigenvalue weighted by molar-refractivity contribution is -0.137. The second kappa shape index (κ2) is 10.5. The van der Waals surface area contributed by atoms with Gasteiger partial charge in [0.25, 0.3) is 0 Å². The van der Waals surface area contributed by atoms with Gasteiger partial charge in [-0.05, 0) is 42.8 Å². The Morgan fingerprint density at radius 1 is 1.07 bits per heavy atom. The first-order chi connectivity index (χ1) is 13.2. The number of esters is 1. The summed E-state index contributed by atoms with van der Waals surface area (Å²) in [6.07, 6.45) is 1.45. The Balaban J connectivity index is 2.00. The van der Waals surface area contributed by atoms with Gasteiger partial charge in [0.05, 0.1) is 13.7 Å². The number of rotatable bonds is 9. The third-order valence-corrected chi connectivity index (χ3v) is 3.47. The highest BCUT2D eigenvalue weighted by atomic mass is 16.5. The molecule has 0 heterocycles. The Bertz CT molecular complexity index is 824. The minimum absolute atomic E-state index is 0.0798. The van der Waals surface area contributed by atoms with Crippen LogP contribution in [0.1, 0.15) is 12.5 Å². The van der Waals surface area contributed by atoms with Crippen LogP contribution in [0, 0.1) is 11.3 Å². The molecule has 0 bridgehead atoms. The highest BCUT2D eigenvalue weighted by molar-refractivity contribution is 5.97. The van der Waals surface area contributed by atoms with E-state index in [2.05, 4.69) is 0 Å². The van der Waals surface area contributed by atoms with Crippen molar-refractivity contribution in [1.82, 2.24) is 0 Å². The molecule has 140 valence electrons. The predicted molar refractivity (Wildman–Crippen MR) is 101 cm³/mol. The molecule has 0 aliphatic rings. The Morgan fingerprint density at radius 2 is 1.81 bits per heavy atom. The summed E-state index contributed by atoms with van der Waals surface area (Å²) in [6, 6.07) is 16.4. The van der Waals surface area contributed by atoms with Gasteiger partial charge in [-0.2, -0.15) is 5.26 Å². The molecule has 0 spiro atoms. The third kappa shape index (κ3) is 6.08. The molecule has 0 N–H and O–H groups in total. The topological polar surface area (TPSA) is 77.8 Å². The van der Waals surface area contributed by atoms with E-state index in [0.29, 0.717) is 30.3 Å². The number of ether oxygens (including phenoxy) is 4. The lowest BCUT2D eigenvalue weighted by Crippen LogP contribution is -2.09. The molecule has 2 rings (SSSR count). The number of hydrogen-bond donors (Lipinski definition) is 0. The highest BCUT2D eigenvalue weighted by Crippen LogP contribution is 2.29. The first kappa shape index (κ1) is 19.9. The number of hydrogen-bond acceptors (Lipinski definition) is 6. The Labute approximate surface area is 158 Å². The maximum Gasteiger partial charge on any atom is 0.348 e. The zero-order chi connectivity index (χ0) is 19.5. The monoisotopic (exact) mass is 367 g/mol. The van der Waals surface area contributed by atoms with E-state index in [9.17, 15) is 4.79 Å². The summed E-state index contributed by atoms with van der Waals surface area (Å²) in [5.74, 6) is 1.15. The van der Waals surface area contributed by atoms with Crippen LogP contribution in [-0.4, -0.2) is 32.9 Å². The van der Waals surface area contributed by atoms with Gasteiger partial charge in [-0.1, -0.05) is 24.3 Å². The van der Waals surface area contributed by atoms with Crippen LogP contribution in [0.15, 0.2) is 54.1 Å². The van der Waals surface area contributed by atoms with Crippen molar-refractivity contribution >= 4 is 12.0 Å². The minimum Gasteiger partial charge on any atom is -0.493 e. The van der Waals surface area contributed by atoms with Gasteiger partial charge < -0.3 is 18.9 Å². The fraction of sp³-hybridized carbons (Fsp3) is 0.238. The molecule has 0 saturated heterocycles. The minimum atomic E-state index is -0.655. The number of carbonyl (C=O) groups excluding carboxylic acids is 1. The highest BCUT2D eigenvalue weighted by Gasteiger charge is 2.11. The van der Waals surface area contributed by atoms with Gasteiger partial charge in [-0.15, -0.1) is 0 Å². The zero-order valence-corrected chi connectivity index (χ0v) is 15.3. The van der Waals surface area contributed by atoms with E-state index in [1.807, 2.05) is 36.4 Å². The average molecular weight is 367 g/mol. The van der Waals surface area contributed by atoms with Crippen LogP contribution in [0.2, 0.25) is 0 Å². The fourth-order valence-corrected chi connectivity index (χ4v) is 2.23. The third-order valence-electron chi connectivity index (χ3n) is 3.47. The first-order valence-corrected chi connectivity index (χ1v) is 8.45. The summed E-state index contributed by atoms with van der Waals surface area (Å²) in [6.45, 7) is 2.62. The van der Waals surface area contributed by atoms with Gasteiger partial charge in [0.15, 0.2) is 11.5 Å². The maximum absolute atomic E-state index is 11.7. The first-order valence-electron chi connectivity index (χ1n) is 8.45. The van der Waals surface area contributed by atoms with Crippen LogP contribution < -0.4 is 14.2 Å². The number of nitrogens with zero attached hydrogens (tertiary/aromatic N) is 1. The number of carbonyl (C=O) groups is 1. The van der Waals surface area contributed by atoms with Gasteiger partial charge in [-0.25, -0.2) is 4.79 Å². The molecule has 27 heavy (non-hydrogen) atoms. The van der Waals surface area contributed by atoms with Crippen LogP contribution in [0.4, 0.5) is 0 Å². The van der Waals surface area contributed by atoms with E-state index in [1.165, 1.54) is 13.2 Å². The van der Waals surface area contributed by atoms with E-state index in [4.69, 9.17) is 24.2 Å². The molecule has 0 atom stereocenters. The van der Waals surface area contributed by atoms with Crippen molar-refractivity contribution in [1.29, 1.82) is 5.26 Å². The van der Waals surface area contributed by atoms with Gasteiger partial charge in [0.1, 0.15) is 30.6 Å². The largest absolute Gasteiger partial charge is 0.493 e. The van der Waals surface area contributed by atoms with E-state index in [1.54, 1.807) is 25.1 Å². The molecular weight excluding hydrogens is 346 g/mol. The lowest BCUT2D eigenvalue weighted by Gasteiger charge is -2.12. The van der Waals surface area contributed by atoms with Crippen LogP contribution in [-0.2, 0) is 9.53 Å². The summed E-state index contributed by atoms with van der Waals surface area (Å²) < 4.78 is 21.5. The zero-order valence-electron chi connectivity index (χ0n) is 15.3. The molecule has 0 amide bonds. The van der Waals surface area contributed by atoms with Crippen molar-refractivity contribution in [3.05, 3.63) is 59.7 Å². The molecule has 0 fully saturated rings. The number of nitriles is 1. The summed E-state index contributed by atoms with van der Waals surface area (Å²) in [5.41, 5.74) is 0.549. The molecule has 2 aromatic rings. The molecule has 6 nitrogen and oxygen atoms in total. The van der Waals surface area contributed by atoms with Crippen LogP contribution >= 0.6 is 0 Å². The van der Waals surface area contributed by atoms with E-state index >= 15 is 0 Å². The molecular formula is C21H21NO5. The second-order valence-electron chi connectivity index (χ2n) is 5.31. The molecule has 0 radical (unpaired) electrons. The summed E-state index contributed by atoms with van der Waals surface area (Å²) in [5, 5.41) is 9.11. The fourth-order valence-electron chi connectivity index (χ4n) is 2.23. The average Bonchev–Trinajstić information content (AvgIpc) is 2.70. The summed E-state index contributed by atoms with van der Waals surface area (Å²) >= 11 is 0. The van der Waals surface area contributed by atoms with Crippen molar-refractivity contribution in [3.63, 3.8) is 0 Å². The molecule has 0 aliphatic carbocycles. The Morgan fingerprint density at radius 3 is 2.48 bits per heavy atom. The van der Waals surface area contributed by atoms with Gasteiger partial charge in [0.2, 0.25) is 0 Å². The predicted octanol–water partition coefficient (Wildman–Crippen LogP) is 3.62. The van der Waals surface area contributed by atoms with Crippen molar-refractivity contribution in [2.45, 2.75) is 6.92 Å². The standard InChI is InChI=1S/C21H21NO5/c1-3-25-21(23)17(15-22)13-16-9-10-19(20(14-16)24-2)27-12-11-26-18-7-5-4-6-8-18/h4-10,13-14H,3,11-12H2,1-2H3/b17-13-. The van der Waals surface area contributed by atoms with Crippen molar-refractivity contribution in [2.24, 2.45) is 0 Å². The normalized spacial score (nSPS) is 10.6. The smallest absolute Gasteiger partial charge is 0.348 e. The van der Waals surface area contributed by atoms with E-state index in [0.717, 1.165) is 5.75 Å². The Hall–Kier alpha value is -3.46. The summed E-state index contributed by atoms with van der Waals surface area (Å²) in [7, 11) is 1.52. The van der Waals surface area contributed by atoms with Crippen molar-refractivity contribution in [2.75, 3.05) is 26.9 Å². The van der Waals surface area contributed by atoms with Gasteiger partial charge in [0, 0.05) is 0 Å². The lowest BCUT2D eigenvalue weighted by atomic mass is 10.1. The van der Waals surface area contributed by atoms with Crippen molar-refractivity contribution < 1.29 is 23.7 Å². The number of methoxy groups -OCH3 is 1. The van der Waals surface area contributed by atoms with Crippen LogP contribution in [0.5, 0.6) is 17.2 Å². The maximum atomic E-state index is 11.7. The molecule has 0 aliphatic heterocycles. The molecule has 0 unspecified atom stereocenters. The van der Waals surface area contributed by atoms with E-state index in [-0.39, 0.29) is 12.2 Å². The number of benzene rings is 2. The quantitative estimate of drug-likeness (QED) is 0.292. The number of para-hydroxylation sites is 1.